The molecule has 67 heavy (non-hydrogen) atoms. The zero-order valence-corrected chi connectivity index (χ0v) is 38.3. The Bertz CT molecular complexity index is 3100. The molecule has 2 aromatic carbocycles. The molecule has 4 saturated heterocycles. The SMILES string of the molecule is CC1CN(Cc2ccc3cccnc3c2)CC1c1nn2c(C3CCOCC3)ncc2c(=O)[nH]1.CC1CNCC1c1nn2c(C3CCOCC3)ncc2c(=O)[nH]1.COc1ccc2cccnc2c1. The summed E-state index contributed by atoms with van der Waals surface area (Å²) in [7, 11) is 1.66. The van der Waals surface area contributed by atoms with E-state index in [0.29, 0.717) is 28.8 Å². The lowest BCUT2D eigenvalue weighted by atomic mass is 9.97. The van der Waals surface area contributed by atoms with E-state index >= 15 is 0 Å². The molecule has 12 rings (SSSR count). The van der Waals surface area contributed by atoms with Gasteiger partial charge in [0.15, 0.2) is 11.0 Å². The smallest absolute Gasteiger partial charge is 0.276 e. The van der Waals surface area contributed by atoms with Crippen LogP contribution in [0, 0.1) is 11.8 Å². The summed E-state index contributed by atoms with van der Waals surface area (Å²) >= 11 is 0. The van der Waals surface area contributed by atoms with Crippen molar-refractivity contribution in [1.29, 1.82) is 0 Å². The van der Waals surface area contributed by atoms with E-state index in [1.165, 1.54) is 5.56 Å². The molecule has 348 valence electrons. The molecule has 3 N–H and O–H groups in total. The highest BCUT2D eigenvalue weighted by Crippen LogP contribution is 2.33. The van der Waals surface area contributed by atoms with Gasteiger partial charge in [-0.25, -0.2) is 19.0 Å². The van der Waals surface area contributed by atoms with E-state index in [0.717, 1.165) is 136 Å². The number of methoxy groups -OCH3 is 1. The fraction of sp³-hybridized carbons (Fsp3) is 0.440. The Morgan fingerprint density at radius 2 is 1.22 bits per heavy atom. The monoisotopic (exact) mass is 906 g/mol. The molecule has 0 radical (unpaired) electrons. The zero-order chi connectivity index (χ0) is 45.9. The van der Waals surface area contributed by atoms with Gasteiger partial charge in [-0.2, -0.15) is 10.2 Å². The molecule has 4 aliphatic heterocycles. The lowest BCUT2D eigenvalue weighted by Crippen LogP contribution is -2.24. The molecule has 8 aromatic rings. The van der Waals surface area contributed by atoms with Gasteiger partial charge in [-0.3, -0.25) is 24.5 Å². The summed E-state index contributed by atoms with van der Waals surface area (Å²) in [6, 6.07) is 20.4. The first kappa shape index (κ1) is 44.4. The number of rotatable bonds is 7. The molecule has 4 unspecified atom stereocenters. The summed E-state index contributed by atoms with van der Waals surface area (Å²) in [6.45, 7) is 11.9. The third kappa shape index (κ3) is 9.59. The van der Waals surface area contributed by atoms with Gasteiger partial charge < -0.3 is 29.5 Å². The average Bonchev–Trinajstić information content (AvgIpc) is 4.19. The summed E-state index contributed by atoms with van der Waals surface area (Å²) in [4.78, 5) is 51.4. The van der Waals surface area contributed by atoms with Gasteiger partial charge in [-0.05, 0) is 80.0 Å². The molecule has 4 atom stereocenters. The summed E-state index contributed by atoms with van der Waals surface area (Å²) in [5.74, 6) is 6.02. The highest BCUT2D eigenvalue weighted by molar-refractivity contribution is 5.80. The second-order valence-corrected chi connectivity index (χ2v) is 18.4. The molecule has 17 nitrogen and oxygen atoms in total. The number of pyridine rings is 2. The molecule has 17 heteroatoms. The van der Waals surface area contributed by atoms with Gasteiger partial charge in [0.2, 0.25) is 0 Å². The van der Waals surface area contributed by atoms with E-state index in [-0.39, 0.29) is 28.9 Å². The number of nitrogens with one attached hydrogen (secondary N) is 3. The maximum atomic E-state index is 12.9. The van der Waals surface area contributed by atoms with Crippen molar-refractivity contribution < 1.29 is 14.2 Å². The molecular formula is C50H58N12O5. The summed E-state index contributed by atoms with van der Waals surface area (Å²) in [6.07, 6.45) is 10.6. The van der Waals surface area contributed by atoms with Crippen LogP contribution in [-0.4, -0.2) is 114 Å². The van der Waals surface area contributed by atoms with Crippen molar-refractivity contribution in [2.75, 3.05) is 59.7 Å². The van der Waals surface area contributed by atoms with Crippen molar-refractivity contribution in [3.8, 4) is 5.75 Å². The minimum absolute atomic E-state index is 0.102. The number of likely N-dealkylation sites (tertiary alicyclic amines) is 1. The third-order valence-corrected chi connectivity index (χ3v) is 13.9. The number of hydrogen-bond acceptors (Lipinski definition) is 13. The van der Waals surface area contributed by atoms with Crippen molar-refractivity contribution in [2.24, 2.45) is 11.8 Å². The normalized spacial score (nSPS) is 21.7. The number of aromatic nitrogens is 10. The topological polar surface area (TPSA) is 195 Å². The number of fused-ring (bicyclic) bond motifs is 4. The predicted octanol–water partition coefficient (Wildman–Crippen LogP) is 5.97. The Morgan fingerprint density at radius 3 is 1.79 bits per heavy atom. The minimum atomic E-state index is -0.114. The van der Waals surface area contributed by atoms with Gasteiger partial charge in [0.05, 0.1) is 30.5 Å². The quantitative estimate of drug-likeness (QED) is 0.169. The Labute approximate surface area is 387 Å². The fourth-order valence-electron chi connectivity index (χ4n) is 10.0. The van der Waals surface area contributed by atoms with E-state index in [4.69, 9.17) is 24.4 Å². The summed E-state index contributed by atoms with van der Waals surface area (Å²) in [5.41, 5.74) is 4.08. The predicted molar refractivity (Wildman–Crippen MR) is 255 cm³/mol. The Hall–Kier alpha value is -6.40. The van der Waals surface area contributed by atoms with Crippen molar-refractivity contribution in [2.45, 2.75) is 69.7 Å². The molecule has 6 aromatic heterocycles. The molecule has 4 fully saturated rings. The molecule has 4 aliphatic rings. The number of nitrogens with zero attached hydrogens (tertiary/aromatic N) is 9. The van der Waals surface area contributed by atoms with Crippen LogP contribution in [0.5, 0.6) is 5.75 Å². The fourth-order valence-corrected chi connectivity index (χ4v) is 10.0. The Balaban J connectivity index is 0.000000132. The first-order chi connectivity index (χ1) is 32.8. The zero-order valence-electron chi connectivity index (χ0n) is 38.3. The minimum Gasteiger partial charge on any atom is -0.497 e. The summed E-state index contributed by atoms with van der Waals surface area (Å²) < 4.78 is 19.5. The van der Waals surface area contributed by atoms with Crippen molar-refractivity contribution in [3.63, 3.8) is 0 Å². The molecule has 0 saturated carbocycles. The number of aromatic amines is 2. The number of ether oxygens (including phenoxy) is 3. The molecular weight excluding hydrogens is 849 g/mol. The molecule has 0 spiro atoms. The Morgan fingerprint density at radius 1 is 0.657 bits per heavy atom. The maximum absolute atomic E-state index is 12.9. The van der Waals surface area contributed by atoms with E-state index < -0.39 is 0 Å². The second kappa shape index (κ2) is 19.8. The highest BCUT2D eigenvalue weighted by Gasteiger charge is 2.34. The van der Waals surface area contributed by atoms with Crippen molar-refractivity contribution in [3.05, 3.63) is 135 Å². The number of benzene rings is 2. The van der Waals surface area contributed by atoms with Gasteiger partial charge in [0.1, 0.15) is 29.0 Å². The molecule has 10 heterocycles. The second-order valence-electron chi connectivity index (χ2n) is 18.4. The van der Waals surface area contributed by atoms with Crippen LogP contribution in [0.15, 0.2) is 95.0 Å². The Kier molecular flexibility index (Phi) is 13.2. The standard InChI is InChI=1S/C25H28N6O2.C15H21N5O2.C10H9NO/c1-16-13-30(14-17-4-5-18-3-2-8-26-21(18)11-17)15-20(16)23-28-25(32)22-12-27-24(31(22)29-23)19-6-9-33-10-7-19;1-9-6-16-7-11(9)13-18-15(21)12-8-17-14(20(12)19-13)10-2-4-22-5-3-10;1-12-9-5-4-8-3-2-6-11-10(8)7-9/h2-5,8,11-12,16,19-20H,6-7,9-10,13-15H2,1H3,(H,28,29,32);8-11,16H,2-7H2,1H3,(H,18,19,21);2-7H,1H3. The van der Waals surface area contributed by atoms with E-state index in [2.05, 4.69) is 78.2 Å². The van der Waals surface area contributed by atoms with Crippen LogP contribution in [0.2, 0.25) is 0 Å². The van der Waals surface area contributed by atoms with Crippen molar-refractivity contribution >= 4 is 32.8 Å². The van der Waals surface area contributed by atoms with Crippen LogP contribution in [0.4, 0.5) is 0 Å². The lowest BCUT2D eigenvalue weighted by Gasteiger charge is -2.21. The van der Waals surface area contributed by atoms with Crippen LogP contribution in [-0.2, 0) is 16.0 Å². The van der Waals surface area contributed by atoms with Gasteiger partial charge in [-0.1, -0.05) is 38.1 Å². The van der Waals surface area contributed by atoms with Gasteiger partial charge in [-0.15, -0.1) is 0 Å². The summed E-state index contributed by atoms with van der Waals surface area (Å²) in [5, 5.41) is 15.3. The lowest BCUT2D eigenvalue weighted by molar-refractivity contribution is 0.0831. The number of H-pyrrole nitrogens is 2. The third-order valence-electron chi connectivity index (χ3n) is 13.9. The van der Waals surface area contributed by atoms with Crippen molar-refractivity contribution in [1.82, 2.24) is 59.3 Å². The van der Waals surface area contributed by atoms with Crippen LogP contribution in [0.1, 0.15) is 92.1 Å². The average molecular weight is 907 g/mol. The molecule has 0 bridgehead atoms. The highest BCUT2D eigenvalue weighted by atomic mass is 16.5. The van der Waals surface area contributed by atoms with E-state index in [1.807, 2.05) is 42.6 Å². The van der Waals surface area contributed by atoms with Crippen LogP contribution < -0.4 is 21.2 Å². The largest absolute Gasteiger partial charge is 0.497 e. The van der Waals surface area contributed by atoms with Crippen LogP contribution >= 0.6 is 0 Å². The number of imidazole rings is 2. The molecule has 0 amide bonds. The molecule has 0 aliphatic carbocycles. The maximum Gasteiger partial charge on any atom is 0.276 e. The van der Waals surface area contributed by atoms with Gasteiger partial charge in [0, 0.05) is 106 Å². The van der Waals surface area contributed by atoms with E-state index in [1.54, 1.807) is 34.7 Å². The van der Waals surface area contributed by atoms with Crippen LogP contribution in [0.25, 0.3) is 32.8 Å². The van der Waals surface area contributed by atoms with Gasteiger partial charge >= 0.3 is 0 Å². The first-order valence-electron chi connectivity index (χ1n) is 23.6. The first-order valence-corrected chi connectivity index (χ1v) is 23.6. The van der Waals surface area contributed by atoms with Crippen LogP contribution in [0.3, 0.4) is 0 Å². The number of hydrogen-bond donors (Lipinski definition) is 3. The van der Waals surface area contributed by atoms with E-state index in [9.17, 15) is 9.59 Å². The van der Waals surface area contributed by atoms with Gasteiger partial charge in [0.25, 0.3) is 11.1 Å².